The normalized spacial score (nSPS) is 11.7. The summed E-state index contributed by atoms with van der Waals surface area (Å²) in [7, 11) is 0. The third-order valence-corrected chi connectivity index (χ3v) is 3.03. The maximum atomic E-state index is 12.6. The average molecular weight is 244 g/mol. The zero-order chi connectivity index (χ0) is 11.8. The van der Waals surface area contributed by atoms with Crippen molar-refractivity contribution in [3.05, 3.63) is 29.1 Å². The van der Waals surface area contributed by atoms with Gasteiger partial charge in [-0.2, -0.15) is 13.2 Å². The van der Waals surface area contributed by atoms with Gasteiger partial charge < -0.3 is 5.32 Å². The lowest BCUT2D eigenvalue weighted by atomic mass is 10.1. The van der Waals surface area contributed by atoms with E-state index in [4.69, 9.17) is 0 Å². The van der Waals surface area contributed by atoms with Crippen LogP contribution >= 0.6 is 11.3 Å². The summed E-state index contributed by atoms with van der Waals surface area (Å²) in [6, 6.07) is 3.86. The summed E-state index contributed by atoms with van der Waals surface area (Å²) in [6.07, 6.45) is -2.94. The highest BCUT2D eigenvalue weighted by atomic mass is 32.1. The zero-order valence-corrected chi connectivity index (χ0v) is 8.58. The van der Waals surface area contributed by atoms with E-state index in [1.807, 2.05) is 0 Å². The van der Waals surface area contributed by atoms with Crippen molar-refractivity contribution in [2.45, 2.75) is 6.18 Å². The van der Waals surface area contributed by atoms with Crippen molar-refractivity contribution in [2.24, 2.45) is 0 Å². The molecular formula is C10H5F3NOS. The van der Waals surface area contributed by atoms with Crippen LogP contribution in [0.3, 0.4) is 0 Å². The van der Waals surface area contributed by atoms with Crippen LogP contribution in [0.5, 0.6) is 0 Å². The number of hydrogen-bond donors (Lipinski definition) is 1. The predicted molar refractivity (Wildman–Crippen MR) is 56.1 cm³/mol. The summed E-state index contributed by atoms with van der Waals surface area (Å²) < 4.78 is 37.9. The van der Waals surface area contributed by atoms with E-state index in [1.54, 1.807) is 0 Å². The topological polar surface area (TPSA) is 29.1 Å². The number of halogens is 3. The summed E-state index contributed by atoms with van der Waals surface area (Å²) in [5.41, 5.74) is -0.694. The molecule has 1 amide bonds. The van der Waals surface area contributed by atoms with Crippen LogP contribution in [0.4, 0.5) is 18.2 Å². The Morgan fingerprint density at radius 3 is 2.62 bits per heavy atom. The number of benzene rings is 1. The number of hydrogen-bond acceptors (Lipinski definition) is 2. The Morgan fingerprint density at radius 1 is 1.25 bits per heavy atom. The standard InChI is InChI=1S/C10H5F3NOS/c11-10(12,13)8-3-1-2-6-7(8)4-16-9(6)14-5-15/h1-4H,(H,14,15). The van der Waals surface area contributed by atoms with Crippen molar-refractivity contribution < 1.29 is 18.0 Å². The molecule has 1 N–H and O–H groups in total. The largest absolute Gasteiger partial charge is 0.417 e. The molecule has 0 aliphatic rings. The van der Waals surface area contributed by atoms with Gasteiger partial charge in [-0.05, 0) is 6.07 Å². The van der Waals surface area contributed by atoms with E-state index in [0.29, 0.717) is 10.4 Å². The van der Waals surface area contributed by atoms with Crippen LogP contribution in [0.25, 0.3) is 10.8 Å². The van der Waals surface area contributed by atoms with Crippen molar-refractivity contribution in [1.29, 1.82) is 0 Å². The van der Waals surface area contributed by atoms with Crippen molar-refractivity contribution >= 4 is 33.5 Å². The first kappa shape index (κ1) is 10.9. The van der Waals surface area contributed by atoms with Crippen molar-refractivity contribution in [1.82, 2.24) is 0 Å². The van der Waals surface area contributed by atoms with Crippen LogP contribution in [-0.2, 0) is 11.0 Å². The molecule has 2 aromatic rings. The minimum atomic E-state index is -4.39. The first-order valence-electron chi connectivity index (χ1n) is 4.24. The highest BCUT2D eigenvalue weighted by Crippen LogP contribution is 2.39. The number of carbonyl (C=O) groups excluding carboxylic acids is 1. The molecule has 0 aliphatic heterocycles. The van der Waals surface area contributed by atoms with E-state index in [2.05, 4.69) is 5.32 Å². The number of fused-ring (bicyclic) bond motifs is 1. The molecule has 83 valence electrons. The van der Waals surface area contributed by atoms with Gasteiger partial charge in [-0.3, -0.25) is 4.79 Å². The average Bonchev–Trinajstić information content (AvgIpc) is 2.61. The summed E-state index contributed by atoms with van der Waals surface area (Å²) in [4.78, 5) is 10.1. The number of thiophene rings is 1. The third kappa shape index (κ3) is 1.76. The van der Waals surface area contributed by atoms with Gasteiger partial charge in [-0.25, -0.2) is 0 Å². The molecule has 0 saturated carbocycles. The molecule has 6 heteroatoms. The molecule has 0 saturated heterocycles. The van der Waals surface area contributed by atoms with Gasteiger partial charge in [0, 0.05) is 16.2 Å². The third-order valence-electron chi connectivity index (χ3n) is 2.12. The Morgan fingerprint density at radius 2 is 2.00 bits per heavy atom. The fraction of sp³-hybridized carbons (Fsp3) is 0.100. The highest BCUT2D eigenvalue weighted by Gasteiger charge is 2.32. The van der Waals surface area contributed by atoms with E-state index in [9.17, 15) is 18.0 Å². The fourth-order valence-corrected chi connectivity index (χ4v) is 2.36. The molecule has 1 aromatic carbocycles. The minimum absolute atomic E-state index is 0.0951. The molecule has 2 rings (SSSR count). The van der Waals surface area contributed by atoms with E-state index >= 15 is 0 Å². The number of anilines is 1. The predicted octanol–water partition coefficient (Wildman–Crippen LogP) is 3.40. The molecule has 1 aromatic heterocycles. The van der Waals surface area contributed by atoms with Gasteiger partial charge in [-0.15, -0.1) is 11.3 Å². The quantitative estimate of drug-likeness (QED) is 0.806. The second-order valence-electron chi connectivity index (χ2n) is 3.06. The highest BCUT2D eigenvalue weighted by molar-refractivity contribution is 7.16. The van der Waals surface area contributed by atoms with Crippen molar-refractivity contribution in [3.63, 3.8) is 0 Å². The van der Waals surface area contributed by atoms with Crippen LogP contribution in [0, 0.1) is 0 Å². The van der Waals surface area contributed by atoms with Gasteiger partial charge in [0.1, 0.15) is 5.00 Å². The summed E-state index contributed by atoms with van der Waals surface area (Å²) >= 11 is 1.04. The second-order valence-corrected chi connectivity index (χ2v) is 3.94. The lowest BCUT2D eigenvalue weighted by Gasteiger charge is -2.07. The molecule has 0 atom stereocenters. The Bertz CT molecular complexity index is 532. The Labute approximate surface area is 92.7 Å². The van der Waals surface area contributed by atoms with Gasteiger partial charge in [-0.1, -0.05) is 12.1 Å². The van der Waals surface area contributed by atoms with Crippen LogP contribution in [0.2, 0.25) is 0 Å². The van der Waals surface area contributed by atoms with Crippen LogP contribution in [-0.4, -0.2) is 6.41 Å². The zero-order valence-electron chi connectivity index (χ0n) is 7.76. The second kappa shape index (κ2) is 3.79. The van der Waals surface area contributed by atoms with Crippen molar-refractivity contribution in [2.75, 3.05) is 5.32 Å². The fourth-order valence-electron chi connectivity index (χ4n) is 1.46. The van der Waals surface area contributed by atoms with E-state index in [-0.39, 0.29) is 5.39 Å². The molecule has 0 aliphatic carbocycles. The Balaban J connectivity index is 2.66. The molecule has 1 heterocycles. The van der Waals surface area contributed by atoms with E-state index < -0.39 is 11.7 Å². The lowest BCUT2D eigenvalue weighted by molar-refractivity contribution is -0.136. The first-order valence-corrected chi connectivity index (χ1v) is 5.12. The SMILES string of the molecule is O=[C]Nc1scc2c(C(F)(F)F)cccc12. The lowest BCUT2D eigenvalue weighted by Crippen LogP contribution is -2.04. The van der Waals surface area contributed by atoms with E-state index in [0.717, 1.165) is 17.4 Å². The summed E-state index contributed by atoms with van der Waals surface area (Å²) in [5, 5.41) is 4.47. The Kier molecular flexibility index (Phi) is 2.59. The molecule has 0 bridgehead atoms. The molecule has 0 fully saturated rings. The summed E-state index contributed by atoms with van der Waals surface area (Å²) in [5.74, 6) is 0. The number of amides is 1. The molecule has 2 nitrogen and oxygen atoms in total. The maximum absolute atomic E-state index is 12.6. The molecule has 1 radical (unpaired) electrons. The molecule has 16 heavy (non-hydrogen) atoms. The van der Waals surface area contributed by atoms with Gasteiger partial charge in [0.25, 0.3) is 0 Å². The van der Waals surface area contributed by atoms with Crippen LogP contribution in [0.15, 0.2) is 23.6 Å². The Hall–Kier alpha value is -1.56. The van der Waals surface area contributed by atoms with Gasteiger partial charge in [0.2, 0.25) is 0 Å². The monoisotopic (exact) mass is 244 g/mol. The number of alkyl halides is 3. The summed E-state index contributed by atoms with van der Waals surface area (Å²) in [6.45, 7) is 0. The first-order chi connectivity index (χ1) is 7.54. The number of rotatable bonds is 2. The molecular weight excluding hydrogens is 239 g/mol. The van der Waals surface area contributed by atoms with Crippen LogP contribution < -0.4 is 5.32 Å². The maximum Gasteiger partial charge on any atom is 0.417 e. The molecule has 0 spiro atoms. The van der Waals surface area contributed by atoms with E-state index in [1.165, 1.54) is 23.9 Å². The smallest absolute Gasteiger partial charge is 0.309 e. The van der Waals surface area contributed by atoms with Crippen LogP contribution in [0.1, 0.15) is 5.56 Å². The van der Waals surface area contributed by atoms with Gasteiger partial charge in [0.15, 0.2) is 0 Å². The number of nitrogens with one attached hydrogen (secondary N) is 1. The van der Waals surface area contributed by atoms with Gasteiger partial charge >= 0.3 is 12.6 Å². The van der Waals surface area contributed by atoms with Crippen molar-refractivity contribution in [3.8, 4) is 0 Å². The van der Waals surface area contributed by atoms with Gasteiger partial charge in [0.05, 0.1) is 5.56 Å². The molecule has 0 unspecified atom stereocenters. The minimum Gasteiger partial charge on any atom is -0.309 e.